The molecule has 34 heavy (non-hydrogen) atoms. The van der Waals surface area contributed by atoms with Crippen LogP contribution in [-0.4, -0.2) is 55.3 Å². The molecule has 2 N–H and O–H groups in total. The van der Waals surface area contributed by atoms with E-state index in [1.54, 1.807) is 6.07 Å². The average molecular weight is 481 g/mol. The predicted octanol–water partition coefficient (Wildman–Crippen LogP) is 4.68. The third-order valence-corrected chi connectivity index (χ3v) is 8.45. The average Bonchev–Trinajstić information content (AvgIpc) is 3.29. The summed E-state index contributed by atoms with van der Waals surface area (Å²) in [5.41, 5.74) is 5.27. The first kappa shape index (κ1) is 24.2. The molecule has 1 amide bonds. The van der Waals surface area contributed by atoms with Crippen molar-refractivity contribution in [2.75, 3.05) is 36.5 Å². The van der Waals surface area contributed by atoms with Gasteiger partial charge in [-0.05, 0) is 60.4 Å². The van der Waals surface area contributed by atoms with Crippen LogP contribution in [-0.2, 0) is 16.3 Å². The molecule has 7 nitrogen and oxygen atoms in total. The van der Waals surface area contributed by atoms with Gasteiger partial charge in [-0.3, -0.25) is 4.79 Å². The third-order valence-electron chi connectivity index (χ3n) is 6.85. The summed E-state index contributed by atoms with van der Waals surface area (Å²) in [6.45, 7) is 13.7. The van der Waals surface area contributed by atoms with Crippen LogP contribution in [0.4, 0.5) is 11.4 Å². The fourth-order valence-corrected chi connectivity index (χ4v) is 5.75. The van der Waals surface area contributed by atoms with Crippen molar-refractivity contribution in [2.24, 2.45) is 5.41 Å². The van der Waals surface area contributed by atoms with Gasteiger partial charge in [0.25, 0.3) is 5.91 Å². The predicted molar refractivity (Wildman–Crippen MR) is 136 cm³/mol. The van der Waals surface area contributed by atoms with Crippen molar-refractivity contribution in [1.82, 2.24) is 9.88 Å². The van der Waals surface area contributed by atoms with Crippen molar-refractivity contribution < 1.29 is 13.2 Å². The van der Waals surface area contributed by atoms with E-state index in [1.165, 1.54) is 17.3 Å². The number of amides is 1. The Bertz CT molecular complexity index is 1240. The summed E-state index contributed by atoms with van der Waals surface area (Å²) in [5, 5.41) is 3.03. The van der Waals surface area contributed by atoms with Gasteiger partial charge >= 0.3 is 0 Å². The minimum Gasteiger partial charge on any atom is -0.368 e. The molecule has 2 heterocycles. The molecule has 180 valence electrons. The van der Waals surface area contributed by atoms with E-state index in [9.17, 15) is 13.2 Å². The van der Waals surface area contributed by atoms with Crippen LogP contribution in [0.15, 0.2) is 36.5 Å². The van der Waals surface area contributed by atoms with Gasteiger partial charge in [-0.25, -0.2) is 13.3 Å². The smallest absolute Gasteiger partial charge is 0.270 e. The normalized spacial score (nSPS) is 19.7. The molecular formula is C26H32N4O3S. The van der Waals surface area contributed by atoms with E-state index in [4.69, 9.17) is 6.57 Å². The third kappa shape index (κ3) is 5.96. The molecule has 0 radical (unpaired) electrons. The highest BCUT2D eigenvalue weighted by Crippen LogP contribution is 2.40. The number of nitrogens with one attached hydrogen (secondary N) is 2. The topological polar surface area (TPSA) is 86.6 Å². The summed E-state index contributed by atoms with van der Waals surface area (Å²) in [6, 6.07) is 7.71. The van der Waals surface area contributed by atoms with Crippen molar-refractivity contribution in [2.45, 2.75) is 39.5 Å². The molecule has 2 aliphatic rings. The molecule has 0 unspecified atom stereocenters. The Morgan fingerprint density at radius 3 is 2.65 bits per heavy atom. The summed E-state index contributed by atoms with van der Waals surface area (Å²) >= 11 is 0. The number of hydrogen-bond donors (Lipinski definition) is 2. The van der Waals surface area contributed by atoms with Crippen LogP contribution in [0.3, 0.4) is 0 Å². The number of allylic oxidation sites excluding steroid dienone is 2. The second-order valence-electron chi connectivity index (χ2n) is 10.1. The largest absolute Gasteiger partial charge is 0.368 e. The zero-order valence-electron chi connectivity index (χ0n) is 19.9. The first-order chi connectivity index (χ1) is 16.1. The lowest BCUT2D eigenvalue weighted by Gasteiger charge is -2.30. The van der Waals surface area contributed by atoms with Crippen LogP contribution in [0, 0.1) is 12.0 Å². The highest BCUT2D eigenvalue weighted by molar-refractivity contribution is 7.91. The number of sulfone groups is 1. The summed E-state index contributed by atoms with van der Waals surface area (Å²) < 4.78 is 23.4. The van der Waals surface area contributed by atoms with Crippen molar-refractivity contribution in [3.05, 3.63) is 64.8 Å². The second kappa shape index (κ2) is 9.77. The monoisotopic (exact) mass is 480 g/mol. The fourth-order valence-electron chi connectivity index (χ4n) is 4.47. The number of rotatable bonds is 6. The van der Waals surface area contributed by atoms with E-state index in [1.807, 2.05) is 12.1 Å². The van der Waals surface area contributed by atoms with Gasteiger partial charge in [-0.2, -0.15) is 0 Å². The number of carbonyl (C=O) groups is 1. The summed E-state index contributed by atoms with van der Waals surface area (Å²) in [6.07, 6.45) is 7.68. The molecule has 8 heteroatoms. The van der Waals surface area contributed by atoms with Crippen molar-refractivity contribution in [3.63, 3.8) is 0 Å². The first-order valence-electron chi connectivity index (χ1n) is 11.8. The Kier molecular flexibility index (Phi) is 6.96. The first-order valence-corrected chi connectivity index (χ1v) is 13.6. The number of benzene rings is 1. The second-order valence-corrected chi connectivity index (χ2v) is 12.4. The lowest BCUT2D eigenvalue weighted by Crippen LogP contribution is -2.41. The maximum atomic E-state index is 12.8. The highest BCUT2D eigenvalue weighted by Gasteiger charge is 2.24. The van der Waals surface area contributed by atoms with Gasteiger partial charge in [0.05, 0.1) is 23.8 Å². The summed E-state index contributed by atoms with van der Waals surface area (Å²) in [5.74, 6) is 0.204. The van der Waals surface area contributed by atoms with Crippen LogP contribution in [0.5, 0.6) is 0 Å². The zero-order chi connectivity index (χ0) is 24.3. The van der Waals surface area contributed by atoms with E-state index in [2.05, 4.69) is 46.0 Å². The maximum Gasteiger partial charge on any atom is 0.270 e. The lowest BCUT2D eigenvalue weighted by molar-refractivity contribution is 0.102. The maximum absolute atomic E-state index is 12.8. The molecule has 1 aliphatic heterocycles. The van der Waals surface area contributed by atoms with Gasteiger partial charge < -0.3 is 15.2 Å². The van der Waals surface area contributed by atoms with Gasteiger partial charge in [-0.15, -0.1) is 0 Å². The molecule has 1 aromatic heterocycles. The molecule has 1 fully saturated rings. The summed E-state index contributed by atoms with van der Waals surface area (Å²) in [4.78, 5) is 21.3. The Labute approximate surface area is 202 Å². The van der Waals surface area contributed by atoms with Crippen molar-refractivity contribution in [1.29, 1.82) is 0 Å². The number of carbonyl (C=O) groups excluding carboxylic acids is 1. The lowest BCUT2D eigenvalue weighted by atomic mass is 9.76. The van der Waals surface area contributed by atoms with Crippen LogP contribution >= 0.6 is 0 Å². The number of hydrogen-bond acceptors (Lipinski definition) is 4. The Morgan fingerprint density at radius 2 is 2.00 bits per heavy atom. The minimum absolute atomic E-state index is 0.236. The van der Waals surface area contributed by atoms with Gasteiger partial charge in [0.2, 0.25) is 5.69 Å². The van der Waals surface area contributed by atoms with Crippen LogP contribution in [0.1, 0.15) is 54.7 Å². The van der Waals surface area contributed by atoms with E-state index in [0.29, 0.717) is 24.5 Å². The molecular weight excluding hydrogens is 448 g/mol. The van der Waals surface area contributed by atoms with Crippen molar-refractivity contribution >= 4 is 32.7 Å². The quantitative estimate of drug-likeness (QED) is 0.588. The molecule has 0 atom stereocenters. The molecule has 0 saturated carbocycles. The highest BCUT2D eigenvalue weighted by atomic mass is 32.2. The van der Waals surface area contributed by atoms with Gasteiger partial charge in [-0.1, -0.05) is 26.0 Å². The molecule has 1 aliphatic carbocycles. The molecule has 0 bridgehead atoms. The van der Waals surface area contributed by atoms with Crippen LogP contribution in [0.25, 0.3) is 10.4 Å². The Balaban J connectivity index is 1.54. The van der Waals surface area contributed by atoms with E-state index >= 15 is 0 Å². The zero-order valence-corrected chi connectivity index (χ0v) is 20.7. The van der Waals surface area contributed by atoms with E-state index < -0.39 is 9.84 Å². The number of aromatic amines is 1. The molecule has 0 spiro atoms. The number of nitrogens with zero attached hydrogens (tertiary/aromatic N) is 2. The molecule has 2 aromatic rings. The number of H-pyrrole nitrogens is 1. The van der Waals surface area contributed by atoms with E-state index in [0.717, 1.165) is 43.5 Å². The fraction of sp³-hybridized carbons (Fsp3) is 0.462. The standard InChI is InChI=1S/C26H32N4O3S/c1-26(2)9-6-20(7-10-26)22-16-19(8-11-30-12-14-34(32,33)15-13-30)4-5-23(22)29-25(31)24-17-21(27-3)18-28-24/h4-6,16-18,28H,7-15H2,1-2H3,(H,29,31). The van der Waals surface area contributed by atoms with Gasteiger partial charge in [0, 0.05) is 37.1 Å². The Morgan fingerprint density at radius 1 is 1.24 bits per heavy atom. The SMILES string of the molecule is [C-]#[N+]c1c[nH]c(C(=O)Nc2ccc(CCN3CCS(=O)(=O)CC3)cc2C2=CCC(C)(C)CC2)c1. The van der Waals surface area contributed by atoms with Gasteiger partial charge in [0.1, 0.15) is 0 Å². The van der Waals surface area contributed by atoms with E-state index in [-0.39, 0.29) is 22.8 Å². The Hall–Kier alpha value is -2.89. The van der Waals surface area contributed by atoms with Gasteiger partial charge in [0.15, 0.2) is 9.84 Å². The minimum atomic E-state index is -2.88. The van der Waals surface area contributed by atoms with Crippen molar-refractivity contribution in [3.8, 4) is 0 Å². The molecule has 1 saturated heterocycles. The van der Waals surface area contributed by atoms with Crippen LogP contribution in [0.2, 0.25) is 0 Å². The molecule has 4 rings (SSSR count). The molecule has 1 aromatic carbocycles. The number of anilines is 1. The van der Waals surface area contributed by atoms with Crippen LogP contribution < -0.4 is 5.32 Å². The summed E-state index contributed by atoms with van der Waals surface area (Å²) in [7, 11) is -2.88. The number of aromatic nitrogens is 1.